The van der Waals surface area contributed by atoms with Gasteiger partial charge in [0, 0.05) is 6.42 Å². The number of rotatable bonds is 30. The Morgan fingerprint density at radius 1 is 0.447 bits per heavy atom. The van der Waals surface area contributed by atoms with Crippen molar-refractivity contribution in [2.75, 3.05) is 0 Å². The zero-order chi connectivity index (χ0) is 27.4. The number of nitrogens with zero attached hydrogens (tertiary/aromatic N) is 2. The molecule has 0 radical (unpaired) electrons. The third-order valence-electron chi connectivity index (χ3n) is 8.60. The van der Waals surface area contributed by atoms with Crippen LogP contribution in [0.1, 0.15) is 200 Å². The molecule has 1 aromatic heterocycles. The topological polar surface area (TPSA) is 8.81 Å². The monoisotopic (exact) mass is 532 g/mol. The van der Waals surface area contributed by atoms with E-state index >= 15 is 0 Å². The molecule has 0 bridgehead atoms. The molecule has 2 heteroatoms. The van der Waals surface area contributed by atoms with Crippen LogP contribution >= 0.6 is 0 Å². The highest BCUT2D eigenvalue weighted by atomic mass is 15.1. The molecule has 1 aromatic rings. The van der Waals surface area contributed by atoms with Gasteiger partial charge in [0.1, 0.15) is 12.4 Å². The third-order valence-corrected chi connectivity index (χ3v) is 8.60. The first-order valence-corrected chi connectivity index (χ1v) is 17.9. The molecule has 1 heterocycles. The standard InChI is InChI=1S/C36H71N2/c1-4-7-10-13-15-16-17-18-19-20-21-22-23-24-25-26-28-31-36-37(32-29-12-9-6-3)34-35-38(36)33-30-27-14-11-8-5-2/h34-35H,4-33H2,1-3H3/q+1. The minimum absolute atomic E-state index is 1.22. The predicted molar refractivity (Wildman–Crippen MR) is 170 cm³/mol. The molecule has 0 atom stereocenters. The molecule has 0 aliphatic heterocycles. The summed E-state index contributed by atoms with van der Waals surface area (Å²) in [5.74, 6) is 1.61. The van der Waals surface area contributed by atoms with Crippen LogP contribution in [0.3, 0.4) is 0 Å². The maximum absolute atomic E-state index is 2.60. The van der Waals surface area contributed by atoms with E-state index in [4.69, 9.17) is 0 Å². The van der Waals surface area contributed by atoms with E-state index in [1.807, 2.05) is 0 Å². The van der Waals surface area contributed by atoms with Crippen molar-refractivity contribution in [1.82, 2.24) is 4.57 Å². The van der Waals surface area contributed by atoms with Crippen molar-refractivity contribution < 1.29 is 4.57 Å². The largest absolute Gasteiger partial charge is 0.256 e. The lowest BCUT2D eigenvalue weighted by Gasteiger charge is -2.07. The van der Waals surface area contributed by atoms with E-state index in [1.165, 1.54) is 193 Å². The molecule has 0 amide bonds. The summed E-state index contributed by atoms with van der Waals surface area (Å²) in [6.07, 6.45) is 44.5. The number of imidazole rings is 1. The number of hydrogen-bond acceptors (Lipinski definition) is 0. The minimum Gasteiger partial charge on any atom is -0.234 e. The van der Waals surface area contributed by atoms with Gasteiger partial charge in [-0.25, -0.2) is 9.13 Å². The zero-order valence-corrected chi connectivity index (χ0v) is 26.8. The Labute approximate surface area is 240 Å². The van der Waals surface area contributed by atoms with Crippen molar-refractivity contribution in [3.63, 3.8) is 0 Å². The van der Waals surface area contributed by atoms with E-state index in [1.54, 1.807) is 5.82 Å². The second-order valence-corrected chi connectivity index (χ2v) is 12.3. The van der Waals surface area contributed by atoms with Crippen LogP contribution in [0.15, 0.2) is 12.4 Å². The lowest BCUT2D eigenvalue weighted by molar-refractivity contribution is -0.704. The average Bonchev–Trinajstić information content (AvgIpc) is 3.31. The highest BCUT2D eigenvalue weighted by molar-refractivity contribution is 4.84. The van der Waals surface area contributed by atoms with Crippen molar-refractivity contribution in [3.8, 4) is 0 Å². The van der Waals surface area contributed by atoms with Crippen LogP contribution < -0.4 is 4.57 Å². The third kappa shape index (κ3) is 20.2. The molecule has 0 saturated heterocycles. The fourth-order valence-electron chi connectivity index (χ4n) is 5.97. The average molecular weight is 532 g/mol. The summed E-state index contributed by atoms with van der Waals surface area (Å²) >= 11 is 0. The SMILES string of the molecule is CCCCCCCCCCCCCCCCCCCc1n(CCCCCC)cc[n+]1CCCCCCCC. The number of unbranched alkanes of at least 4 members (excludes halogenated alkanes) is 24. The van der Waals surface area contributed by atoms with Crippen LogP contribution in [-0.4, -0.2) is 4.57 Å². The molecule has 1 rings (SSSR count). The molecule has 2 nitrogen and oxygen atoms in total. The lowest BCUT2D eigenvalue weighted by atomic mass is 10.0. The van der Waals surface area contributed by atoms with E-state index in [2.05, 4.69) is 42.3 Å². The van der Waals surface area contributed by atoms with Crippen LogP contribution in [0.2, 0.25) is 0 Å². The summed E-state index contributed by atoms with van der Waals surface area (Å²) in [7, 11) is 0. The molecule has 0 N–H and O–H groups in total. The van der Waals surface area contributed by atoms with Crippen LogP contribution in [0.4, 0.5) is 0 Å². The van der Waals surface area contributed by atoms with Gasteiger partial charge in [-0.2, -0.15) is 0 Å². The fourth-order valence-corrected chi connectivity index (χ4v) is 5.97. The molecule has 0 saturated carbocycles. The van der Waals surface area contributed by atoms with Crippen LogP contribution in [0.25, 0.3) is 0 Å². The second-order valence-electron chi connectivity index (χ2n) is 12.3. The molecule has 0 aromatic carbocycles. The van der Waals surface area contributed by atoms with Crippen molar-refractivity contribution in [1.29, 1.82) is 0 Å². The van der Waals surface area contributed by atoms with Gasteiger partial charge in [0.15, 0.2) is 0 Å². The Hall–Kier alpha value is -0.790. The number of aryl methyl sites for hydroxylation is 2. The summed E-state index contributed by atoms with van der Waals surface area (Å²) in [6.45, 7) is 9.38. The van der Waals surface area contributed by atoms with Gasteiger partial charge in [-0.1, -0.05) is 162 Å². The Bertz CT molecular complexity index is 590. The first-order chi connectivity index (χ1) is 18.8. The van der Waals surface area contributed by atoms with Gasteiger partial charge in [-0.3, -0.25) is 0 Å². The number of hydrogen-bond donors (Lipinski definition) is 0. The molecular formula is C36H71N2+. The van der Waals surface area contributed by atoms with Gasteiger partial charge < -0.3 is 0 Å². The van der Waals surface area contributed by atoms with Gasteiger partial charge in [0.2, 0.25) is 0 Å². The molecule has 0 aliphatic rings. The number of aromatic nitrogens is 2. The van der Waals surface area contributed by atoms with Gasteiger partial charge in [-0.05, 0) is 32.1 Å². The molecule has 0 fully saturated rings. The molecule has 0 spiro atoms. The smallest absolute Gasteiger partial charge is 0.234 e. The fraction of sp³-hybridized carbons (Fsp3) is 0.917. The Kier molecular flexibility index (Phi) is 25.7. The van der Waals surface area contributed by atoms with E-state index in [-0.39, 0.29) is 0 Å². The molecule has 224 valence electrons. The van der Waals surface area contributed by atoms with Gasteiger partial charge in [-0.15, -0.1) is 0 Å². The Morgan fingerprint density at radius 3 is 1.26 bits per heavy atom. The molecule has 0 unspecified atom stereocenters. The Balaban J connectivity index is 2.12. The van der Waals surface area contributed by atoms with Crippen molar-refractivity contribution in [3.05, 3.63) is 18.2 Å². The maximum Gasteiger partial charge on any atom is 0.256 e. The summed E-state index contributed by atoms with van der Waals surface area (Å²) in [5.41, 5.74) is 0. The van der Waals surface area contributed by atoms with Crippen molar-refractivity contribution >= 4 is 0 Å². The van der Waals surface area contributed by atoms with Crippen molar-refractivity contribution in [2.24, 2.45) is 0 Å². The van der Waals surface area contributed by atoms with E-state index < -0.39 is 0 Å². The molecule has 38 heavy (non-hydrogen) atoms. The highest BCUT2D eigenvalue weighted by Gasteiger charge is 2.16. The van der Waals surface area contributed by atoms with Gasteiger partial charge in [0.05, 0.1) is 13.1 Å². The second kappa shape index (κ2) is 27.8. The summed E-state index contributed by atoms with van der Waals surface area (Å²) in [4.78, 5) is 0. The first kappa shape index (κ1) is 35.2. The highest BCUT2D eigenvalue weighted by Crippen LogP contribution is 2.15. The van der Waals surface area contributed by atoms with E-state index in [0.717, 1.165) is 0 Å². The predicted octanol–water partition coefficient (Wildman–Crippen LogP) is 11.9. The van der Waals surface area contributed by atoms with Gasteiger partial charge in [0.25, 0.3) is 5.82 Å². The maximum atomic E-state index is 2.60. The summed E-state index contributed by atoms with van der Waals surface area (Å²) in [6, 6.07) is 0. The molecular weight excluding hydrogens is 460 g/mol. The molecule has 0 aliphatic carbocycles. The zero-order valence-electron chi connectivity index (χ0n) is 26.8. The van der Waals surface area contributed by atoms with Crippen LogP contribution in [-0.2, 0) is 19.5 Å². The summed E-state index contributed by atoms with van der Waals surface area (Å²) in [5, 5.41) is 0. The quantitative estimate of drug-likeness (QED) is 0.0689. The van der Waals surface area contributed by atoms with Crippen LogP contribution in [0, 0.1) is 0 Å². The normalized spacial score (nSPS) is 11.6. The van der Waals surface area contributed by atoms with Crippen molar-refractivity contribution in [2.45, 2.75) is 214 Å². The van der Waals surface area contributed by atoms with Gasteiger partial charge >= 0.3 is 0 Å². The first-order valence-electron chi connectivity index (χ1n) is 17.9. The lowest BCUT2D eigenvalue weighted by Crippen LogP contribution is -2.37. The van der Waals surface area contributed by atoms with E-state index in [0.29, 0.717) is 0 Å². The van der Waals surface area contributed by atoms with Crippen LogP contribution in [0.5, 0.6) is 0 Å². The summed E-state index contributed by atoms with van der Waals surface area (Å²) < 4.78 is 5.20. The Morgan fingerprint density at radius 2 is 0.816 bits per heavy atom. The minimum atomic E-state index is 1.22. The van der Waals surface area contributed by atoms with E-state index in [9.17, 15) is 0 Å².